The van der Waals surface area contributed by atoms with E-state index in [2.05, 4.69) is 5.32 Å². The molecule has 3 rings (SSSR count). The maximum absolute atomic E-state index is 12.3. The number of rotatable bonds is 6. The lowest BCUT2D eigenvalue weighted by molar-refractivity contribution is -0.152. The Labute approximate surface area is 165 Å². The van der Waals surface area contributed by atoms with Gasteiger partial charge < -0.3 is 24.3 Å². The molecule has 0 unspecified atom stereocenters. The van der Waals surface area contributed by atoms with Crippen LogP contribution in [-0.4, -0.2) is 30.2 Å². The minimum absolute atomic E-state index is 0.0657. The summed E-state index contributed by atoms with van der Waals surface area (Å²) < 4.78 is 15.6. The van der Waals surface area contributed by atoms with Gasteiger partial charge in [-0.1, -0.05) is 11.6 Å². The Balaban J connectivity index is 1.60. The standard InChI is InChI=1S/C20H18ClNO6/c1-11(20(25)22-13-3-6-17(26-2)16(21)8-13)28-19(24)7-12-10-27-18-9-14(23)4-5-15(12)18/h3-6,8-11,23H,7H2,1-2H3,(H,22,25)/t11-/m0/s1. The molecular weight excluding hydrogens is 386 g/mol. The van der Waals surface area contributed by atoms with Crippen molar-refractivity contribution < 1.29 is 28.6 Å². The van der Waals surface area contributed by atoms with Crippen molar-refractivity contribution in [2.45, 2.75) is 19.4 Å². The van der Waals surface area contributed by atoms with E-state index in [9.17, 15) is 14.7 Å². The van der Waals surface area contributed by atoms with Gasteiger partial charge in [0.15, 0.2) is 6.10 Å². The Morgan fingerprint density at radius 3 is 2.75 bits per heavy atom. The van der Waals surface area contributed by atoms with Crippen LogP contribution in [0.25, 0.3) is 11.0 Å². The highest BCUT2D eigenvalue weighted by Gasteiger charge is 2.20. The van der Waals surface area contributed by atoms with Crippen LogP contribution in [0.5, 0.6) is 11.5 Å². The van der Waals surface area contributed by atoms with Gasteiger partial charge in [-0.25, -0.2) is 0 Å². The number of carbonyl (C=O) groups excluding carboxylic acids is 2. The van der Waals surface area contributed by atoms with Crippen LogP contribution in [-0.2, 0) is 20.7 Å². The van der Waals surface area contributed by atoms with Crippen molar-refractivity contribution in [3.05, 3.63) is 53.2 Å². The van der Waals surface area contributed by atoms with E-state index in [0.717, 1.165) is 0 Å². The molecule has 28 heavy (non-hydrogen) atoms. The summed E-state index contributed by atoms with van der Waals surface area (Å²) in [7, 11) is 1.49. The molecule has 0 saturated carbocycles. The maximum atomic E-state index is 12.3. The van der Waals surface area contributed by atoms with Crippen molar-refractivity contribution in [3.8, 4) is 11.5 Å². The van der Waals surface area contributed by atoms with Crippen LogP contribution in [0, 0.1) is 0 Å². The van der Waals surface area contributed by atoms with E-state index in [0.29, 0.717) is 33.0 Å². The third-order valence-corrected chi connectivity index (χ3v) is 4.37. The molecule has 1 heterocycles. The smallest absolute Gasteiger partial charge is 0.311 e. The summed E-state index contributed by atoms with van der Waals surface area (Å²) in [5.41, 5.74) is 1.53. The average Bonchev–Trinajstić information content (AvgIpc) is 3.03. The molecule has 0 bridgehead atoms. The number of amides is 1. The number of fused-ring (bicyclic) bond motifs is 1. The number of hydrogen-bond acceptors (Lipinski definition) is 6. The molecule has 7 nitrogen and oxygen atoms in total. The van der Waals surface area contributed by atoms with Crippen molar-refractivity contribution in [2.24, 2.45) is 0 Å². The van der Waals surface area contributed by atoms with Gasteiger partial charge in [0, 0.05) is 22.7 Å². The molecule has 2 aromatic carbocycles. The van der Waals surface area contributed by atoms with Crippen molar-refractivity contribution in [2.75, 3.05) is 12.4 Å². The number of ether oxygens (including phenoxy) is 2. The number of methoxy groups -OCH3 is 1. The van der Waals surface area contributed by atoms with Gasteiger partial charge in [-0.3, -0.25) is 9.59 Å². The second-order valence-corrected chi connectivity index (χ2v) is 6.50. The highest BCUT2D eigenvalue weighted by atomic mass is 35.5. The number of nitrogens with one attached hydrogen (secondary N) is 1. The molecular formula is C20H18ClNO6. The van der Waals surface area contributed by atoms with Crippen LogP contribution in [0.4, 0.5) is 5.69 Å². The van der Waals surface area contributed by atoms with E-state index < -0.39 is 18.0 Å². The summed E-state index contributed by atoms with van der Waals surface area (Å²) in [6, 6.07) is 9.41. The van der Waals surface area contributed by atoms with Gasteiger partial charge in [-0.15, -0.1) is 0 Å². The van der Waals surface area contributed by atoms with Crippen molar-refractivity contribution >= 4 is 40.1 Å². The summed E-state index contributed by atoms with van der Waals surface area (Å²) in [4.78, 5) is 24.5. The number of anilines is 1. The maximum Gasteiger partial charge on any atom is 0.311 e. The van der Waals surface area contributed by atoms with Gasteiger partial charge in [-0.05, 0) is 37.3 Å². The molecule has 0 aliphatic heterocycles. The highest BCUT2D eigenvalue weighted by molar-refractivity contribution is 6.32. The predicted molar refractivity (Wildman–Crippen MR) is 104 cm³/mol. The van der Waals surface area contributed by atoms with Crippen LogP contribution in [0.15, 0.2) is 47.1 Å². The molecule has 0 spiro atoms. The van der Waals surface area contributed by atoms with Crippen molar-refractivity contribution in [1.82, 2.24) is 0 Å². The first-order valence-electron chi connectivity index (χ1n) is 8.40. The molecule has 3 aromatic rings. The Bertz CT molecular complexity index is 1030. The molecule has 0 fully saturated rings. The van der Waals surface area contributed by atoms with Crippen molar-refractivity contribution in [3.63, 3.8) is 0 Å². The normalized spacial score (nSPS) is 11.8. The van der Waals surface area contributed by atoms with Gasteiger partial charge >= 0.3 is 5.97 Å². The lowest BCUT2D eigenvalue weighted by Gasteiger charge is -2.14. The number of aromatic hydroxyl groups is 1. The van der Waals surface area contributed by atoms with E-state index >= 15 is 0 Å². The fraction of sp³-hybridized carbons (Fsp3) is 0.200. The van der Waals surface area contributed by atoms with Crippen molar-refractivity contribution in [1.29, 1.82) is 0 Å². The Kier molecular flexibility index (Phi) is 5.75. The van der Waals surface area contributed by atoms with E-state index in [4.69, 9.17) is 25.5 Å². The highest BCUT2D eigenvalue weighted by Crippen LogP contribution is 2.28. The number of esters is 1. The molecule has 0 aliphatic rings. The first kappa shape index (κ1) is 19.6. The number of phenolic OH excluding ortho intramolecular Hbond substituents is 1. The number of carbonyl (C=O) groups is 2. The molecule has 0 saturated heterocycles. The number of phenols is 1. The Morgan fingerprint density at radius 2 is 2.04 bits per heavy atom. The summed E-state index contributed by atoms with van der Waals surface area (Å²) >= 11 is 6.03. The molecule has 2 N–H and O–H groups in total. The van der Waals surface area contributed by atoms with Crippen LogP contribution >= 0.6 is 11.6 Å². The van der Waals surface area contributed by atoms with Gasteiger partial charge in [0.05, 0.1) is 24.8 Å². The number of furan rings is 1. The first-order chi connectivity index (χ1) is 13.4. The van der Waals surface area contributed by atoms with Gasteiger partial charge in [0.25, 0.3) is 5.91 Å². The van der Waals surface area contributed by atoms with Gasteiger partial charge in [0.1, 0.15) is 17.1 Å². The number of halogens is 1. The molecule has 146 valence electrons. The zero-order valence-corrected chi connectivity index (χ0v) is 15.9. The van der Waals surface area contributed by atoms with E-state index in [1.54, 1.807) is 24.3 Å². The second-order valence-electron chi connectivity index (χ2n) is 6.09. The van der Waals surface area contributed by atoms with Crippen LogP contribution in [0.3, 0.4) is 0 Å². The average molecular weight is 404 g/mol. The molecule has 1 atom stereocenters. The number of benzene rings is 2. The second kappa shape index (κ2) is 8.22. The number of hydrogen-bond donors (Lipinski definition) is 2. The van der Waals surface area contributed by atoms with E-state index in [-0.39, 0.29) is 12.2 Å². The van der Waals surface area contributed by atoms with E-state index in [1.165, 1.54) is 32.4 Å². The molecule has 0 aliphatic carbocycles. The largest absolute Gasteiger partial charge is 0.508 e. The summed E-state index contributed by atoms with van der Waals surface area (Å²) in [5.74, 6) is -0.512. The van der Waals surface area contributed by atoms with Crippen LogP contribution in [0.2, 0.25) is 5.02 Å². The van der Waals surface area contributed by atoms with Crippen LogP contribution in [0.1, 0.15) is 12.5 Å². The van der Waals surface area contributed by atoms with Gasteiger partial charge in [-0.2, -0.15) is 0 Å². The molecule has 8 heteroatoms. The zero-order chi connectivity index (χ0) is 20.3. The Morgan fingerprint density at radius 1 is 1.25 bits per heavy atom. The zero-order valence-electron chi connectivity index (χ0n) is 15.2. The van der Waals surface area contributed by atoms with E-state index in [1.807, 2.05) is 0 Å². The quantitative estimate of drug-likeness (QED) is 0.605. The SMILES string of the molecule is COc1ccc(NC(=O)[C@H](C)OC(=O)Cc2coc3cc(O)ccc23)cc1Cl. The lowest BCUT2D eigenvalue weighted by atomic mass is 10.1. The van der Waals surface area contributed by atoms with Gasteiger partial charge in [0.2, 0.25) is 0 Å². The topological polar surface area (TPSA) is 98.0 Å². The monoisotopic (exact) mass is 403 g/mol. The lowest BCUT2D eigenvalue weighted by Crippen LogP contribution is -2.30. The fourth-order valence-electron chi connectivity index (χ4n) is 2.64. The molecule has 1 aromatic heterocycles. The summed E-state index contributed by atoms with van der Waals surface area (Å²) in [6.45, 7) is 1.48. The molecule has 0 radical (unpaired) electrons. The third kappa shape index (κ3) is 4.37. The molecule has 1 amide bonds. The minimum atomic E-state index is -1.00. The van der Waals surface area contributed by atoms with Crippen LogP contribution < -0.4 is 10.1 Å². The summed E-state index contributed by atoms with van der Waals surface area (Å²) in [6.07, 6.45) is 0.356. The third-order valence-electron chi connectivity index (χ3n) is 4.07. The first-order valence-corrected chi connectivity index (χ1v) is 8.78. The Hall–Kier alpha value is -3.19. The summed E-state index contributed by atoms with van der Waals surface area (Å²) in [5, 5.41) is 13.1. The minimum Gasteiger partial charge on any atom is -0.508 e. The predicted octanol–water partition coefficient (Wildman–Crippen LogP) is 3.91. The fourth-order valence-corrected chi connectivity index (χ4v) is 2.90.